The van der Waals surface area contributed by atoms with Crippen molar-refractivity contribution in [2.75, 3.05) is 32.9 Å². The summed E-state index contributed by atoms with van der Waals surface area (Å²) in [6.07, 6.45) is 6.63. The van der Waals surface area contributed by atoms with Crippen molar-refractivity contribution < 1.29 is 23.9 Å². The summed E-state index contributed by atoms with van der Waals surface area (Å²) >= 11 is 0. The van der Waals surface area contributed by atoms with Crippen LogP contribution in [0.3, 0.4) is 0 Å². The molecule has 3 amide bonds. The van der Waals surface area contributed by atoms with Gasteiger partial charge in [0.1, 0.15) is 11.8 Å². The molecule has 3 aromatic rings. The molecule has 0 aliphatic carbocycles. The lowest BCUT2D eigenvalue weighted by atomic mass is 9.74. The highest BCUT2D eigenvalue weighted by Crippen LogP contribution is 2.49. The molecule has 10 nitrogen and oxygen atoms in total. The fraction of sp³-hybridized carbons (Fsp3) is 0.438. The summed E-state index contributed by atoms with van der Waals surface area (Å²) in [5.74, 6) is -0.00459. The third-order valence-electron chi connectivity index (χ3n) is 9.81. The van der Waals surface area contributed by atoms with Gasteiger partial charge in [-0.2, -0.15) is 5.10 Å². The van der Waals surface area contributed by atoms with Gasteiger partial charge >= 0.3 is 0 Å². The van der Waals surface area contributed by atoms with Gasteiger partial charge in [0.05, 0.1) is 38.6 Å². The standard InChI is InChI=1S/C32H33N5O5/c38-28-7-6-27(30(39)34-28)36-16-25-24(31(36)40)4-5-26-29(25)42-19-32(26)8-10-35(11-9-32)14-20-2-1-3-21(12-20)22-13-33-37(15-22)23-17-41-18-23/h1-5,12-13,15,23,27H,6-11,14,16-19H2,(H,34,38,39)/t27-/m1/s1. The molecule has 0 radical (unpaired) electrons. The maximum Gasteiger partial charge on any atom is 0.255 e. The Labute approximate surface area is 243 Å². The summed E-state index contributed by atoms with van der Waals surface area (Å²) in [6.45, 7) is 5.24. The lowest BCUT2D eigenvalue weighted by molar-refractivity contribution is -0.136. The fourth-order valence-electron chi connectivity index (χ4n) is 7.21. The van der Waals surface area contributed by atoms with Gasteiger partial charge in [-0.3, -0.25) is 29.3 Å². The molecule has 3 saturated heterocycles. The molecule has 1 spiro atoms. The molecule has 10 heteroatoms. The number of benzene rings is 2. The van der Waals surface area contributed by atoms with E-state index in [-0.39, 0.29) is 23.7 Å². The van der Waals surface area contributed by atoms with Crippen molar-refractivity contribution in [2.45, 2.75) is 56.3 Å². The van der Waals surface area contributed by atoms with Crippen LogP contribution >= 0.6 is 0 Å². The number of hydrogen-bond acceptors (Lipinski definition) is 7. The topological polar surface area (TPSA) is 106 Å². The van der Waals surface area contributed by atoms with Crippen molar-refractivity contribution in [1.29, 1.82) is 0 Å². The first kappa shape index (κ1) is 25.7. The number of imide groups is 1. The van der Waals surface area contributed by atoms with Crippen LogP contribution in [0.2, 0.25) is 0 Å². The molecular weight excluding hydrogens is 534 g/mol. The van der Waals surface area contributed by atoms with Crippen LogP contribution in [0.25, 0.3) is 11.1 Å². The molecule has 2 aromatic carbocycles. The molecule has 5 aliphatic rings. The van der Waals surface area contributed by atoms with E-state index in [1.165, 1.54) is 16.7 Å². The monoisotopic (exact) mass is 567 g/mol. The number of likely N-dealkylation sites (tertiary alicyclic amines) is 1. The lowest BCUT2D eigenvalue weighted by Crippen LogP contribution is -2.52. The highest BCUT2D eigenvalue weighted by Gasteiger charge is 2.47. The normalized spacial score (nSPS) is 23.5. The number of nitrogens with one attached hydrogen (secondary N) is 1. The molecule has 0 unspecified atom stereocenters. The first-order valence-electron chi connectivity index (χ1n) is 14.8. The molecule has 3 fully saturated rings. The Morgan fingerprint density at radius 1 is 1.05 bits per heavy atom. The first-order valence-corrected chi connectivity index (χ1v) is 14.8. The van der Waals surface area contributed by atoms with Crippen LogP contribution in [0.1, 0.15) is 58.8 Å². The summed E-state index contributed by atoms with van der Waals surface area (Å²) in [5.41, 5.74) is 6.22. The maximum absolute atomic E-state index is 13.3. The third-order valence-corrected chi connectivity index (χ3v) is 9.81. The lowest BCUT2D eigenvalue weighted by Gasteiger charge is -2.38. The van der Waals surface area contributed by atoms with Gasteiger partial charge in [0.25, 0.3) is 5.91 Å². The van der Waals surface area contributed by atoms with Gasteiger partial charge in [0.15, 0.2) is 0 Å². The van der Waals surface area contributed by atoms with Crippen molar-refractivity contribution in [3.05, 3.63) is 71.0 Å². The van der Waals surface area contributed by atoms with Gasteiger partial charge in [-0.1, -0.05) is 24.3 Å². The molecule has 42 heavy (non-hydrogen) atoms. The molecule has 1 N–H and O–H groups in total. The Morgan fingerprint density at radius 3 is 2.69 bits per heavy atom. The van der Waals surface area contributed by atoms with E-state index < -0.39 is 11.9 Å². The zero-order valence-corrected chi connectivity index (χ0v) is 23.4. The van der Waals surface area contributed by atoms with Gasteiger partial charge in [-0.25, -0.2) is 0 Å². The third kappa shape index (κ3) is 4.15. The number of ether oxygens (including phenoxy) is 2. The van der Waals surface area contributed by atoms with Gasteiger partial charge in [0.2, 0.25) is 11.8 Å². The second-order valence-corrected chi connectivity index (χ2v) is 12.3. The molecule has 0 saturated carbocycles. The minimum atomic E-state index is -0.621. The second-order valence-electron chi connectivity index (χ2n) is 12.3. The van der Waals surface area contributed by atoms with E-state index in [4.69, 9.17) is 9.47 Å². The van der Waals surface area contributed by atoms with Gasteiger partial charge in [-0.15, -0.1) is 0 Å². The van der Waals surface area contributed by atoms with E-state index >= 15 is 0 Å². The number of carbonyl (C=O) groups excluding carboxylic acids is 3. The van der Waals surface area contributed by atoms with Crippen LogP contribution in [-0.2, 0) is 32.8 Å². The van der Waals surface area contributed by atoms with Crippen molar-refractivity contribution in [2.24, 2.45) is 0 Å². The minimum Gasteiger partial charge on any atom is -0.492 e. The predicted octanol–water partition coefficient (Wildman–Crippen LogP) is 2.81. The number of nitrogens with zero attached hydrogens (tertiary/aromatic N) is 4. The number of aromatic nitrogens is 2. The second kappa shape index (κ2) is 9.78. The van der Waals surface area contributed by atoms with Crippen molar-refractivity contribution >= 4 is 17.7 Å². The van der Waals surface area contributed by atoms with Crippen LogP contribution < -0.4 is 10.1 Å². The number of carbonyl (C=O) groups is 3. The summed E-state index contributed by atoms with van der Waals surface area (Å²) in [4.78, 5) is 41.5. The minimum absolute atomic E-state index is 0.0619. The molecular formula is C32H33N5O5. The van der Waals surface area contributed by atoms with Crippen molar-refractivity contribution in [1.82, 2.24) is 24.9 Å². The van der Waals surface area contributed by atoms with Gasteiger partial charge < -0.3 is 14.4 Å². The first-order chi connectivity index (χ1) is 20.5. The Hall–Kier alpha value is -4.02. The highest BCUT2D eigenvalue weighted by molar-refractivity contribution is 6.05. The fourth-order valence-corrected chi connectivity index (χ4v) is 7.21. The summed E-state index contributed by atoms with van der Waals surface area (Å²) in [6, 6.07) is 12.4. The quantitative estimate of drug-likeness (QED) is 0.473. The summed E-state index contributed by atoms with van der Waals surface area (Å²) in [5, 5.41) is 6.92. The number of piperidine rings is 2. The van der Waals surface area contributed by atoms with Crippen molar-refractivity contribution in [3.63, 3.8) is 0 Å². The average Bonchev–Trinajstić information content (AvgIpc) is 3.67. The van der Waals surface area contributed by atoms with E-state index in [0.29, 0.717) is 31.2 Å². The van der Waals surface area contributed by atoms with Crippen molar-refractivity contribution in [3.8, 4) is 16.9 Å². The molecule has 1 aromatic heterocycles. The number of fused-ring (bicyclic) bond motifs is 4. The zero-order chi connectivity index (χ0) is 28.4. The Morgan fingerprint density at radius 2 is 1.90 bits per heavy atom. The van der Waals surface area contributed by atoms with Crippen LogP contribution in [0.15, 0.2) is 48.8 Å². The average molecular weight is 568 g/mol. The Bertz CT molecular complexity index is 1600. The Kier molecular flexibility index (Phi) is 5.98. The predicted molar refractivity (Wildman–Crippen MR) is 152 cm³/mol. The highest BCUT2D eigenvalue weighted by atomic mass is 16.5. The molecule has 1 atom stereocenters. The van der Waals surface area contributed by atoms with Crippen LogP contribution in [0.4, 0.5) is 0 Å². The van der Waals surface area contributed by atoms with Crippen LogP contribution in [0.5, 0.6) is 5.75 Å². The summed E-state index contributed by atoms with van der Waals surface area (Å²) < 4.78 is 13.7. The largest absolute Gasteiger partial charge is 0.492 e. The number of rotatable bonds is 5. The van der Waals surface area contributed by atoms with E-state index in [1.807, 2.05) is 16.9 Å². The summed E-state index contributed by atoms with van der Waals surface area (Å²) in [7, 11) is 0. The van der Waals surface area contributed by atoms with Crippen LogP contribution in [0, 0.1) is 0 Å². The molecule has 6 heterocycles. The SMILES string of the molecule is O=C1CC[C@@H](N2Cc3c(ccc4c3OCC43CCN(Cc4cccc(-c5cnn(C6COC6)c5)c4)CC3)C2=O)C(=O)N1. The Balaban J connectivity index is 0.949. The molecule has 8 rings (SSSR count). The van der Waals surface area contributed by atoms with Gasteiger partial charge in [-0.05, 0) is 55.6 Å². The van der Waals surface area contributed by atoms with E-state index in [2.05, 4.69) is 51.8 Å². The van der Waals surface area contributed by atoms with E-state index in [0.717, 1.165) is 62.6 Å². The zero-order valence-electron chi connectivity index (χ0n) is 23.4. The number of amides is 3. The van der Waals surface area contributed by atoms with E-state index in [9.17, 15) is 14.4 Å². The molecule has 5 aliphatic heterocycles. The smallest absolute Gasteiger partial charge is 0.255 e. The van der Waals surface area contributed by atoms with Gasteiger partial charge in [0, 0.05) is 46.8 Å². The molecule has 0 bridgehead atoms. The maximum atomic E-state index is 13.3. The number of hydrogen-bond donors (Lipinski definition) is 1. The van der Waals surface area contributed by atoms with E-state index in [1.54, 1.807) is 4.90 Å². The van der Waals surface area contributed by atoms with Crippen LogP contribution in [-0.4, -0.2) is 76.3 Å². The molecule has 216 valence electrons.